The van der Waals surface area contributed by atoms with Crippen molar-refractivity contribution in [3.05, 3.63) is 23.8 Å². The number of hydrogen-bond acceptors (Lipinski definition) is 5. The predicted octanol–water partition coefficient (Wildman–Crippen LogP) is 2.27. The quantitative estimate of drug-likeness (QED) is 0.892. The van der Waals surface area contributed by atoms with E-state index >= 15 is 0 Å². The highest BCUT2D eigenvalue weighted by Gasteiger charge is 2.53. The molecule has 4 rings (SSSR count). The zero-order chi connectivity index (χ0) is 18.1. The molecule has 3 aliphatic rings. The fraction of sp³-hybridized carbons (Fsp3) is 0.650. The van der Waals surface area contributed by atoms with Gasteiger partial charge in [0, 0.05) is 57.0 Å². The molecular weight excluding hydrogens is 332 g/mol. The Hall–Kier alpha value is -1.79. The van der Waals surface area contributed by atoms with Gasteiger partial charge in [-0.15, -0.1) is 0 Å². The molecule has 2 saturated heterocycles. The van der Waals surface area contributed by atoms with Crippen LogP contribution < -0.4 is 15.2 Å². The third-order valence-electron chi connectivity index (χ3n) is 6.22. The molecule has 6 nitrogen and oxygen atoms in total. The third kappa shape index (κ3) is 3.05. The topological polar surface area (TPSA) is 74.0 Å². The van der Waals surface area contributed by atoms with Crippen LogP contribution in [0.3, 0.4) is 0 Å². The fourth-order valence-corrected chi connectivity index (χ4v) is 4.83. The number of carbonyl (C=O) groups is 1. The molecule has 0 radical (unpaired) electrons. The Bertz CT molecular complexity index is 670. The molecule has 0 unspecified atom stereocenters. The summed E-state index contributed by atoms with van der Waals surface area (Å²) in [6.45, 7) is 3.37. The summed E-state index contributed by atoms with van der Waals surface area (Å²) >= 11 is 0. The molecule has 0 saturated carbocycles. The number of nitrogens with zero attached hydrogens (tertiary/aromatic N) is 1. The van der Waals surface area contributed by atoms with Crippen molar-refractivity contribution in [2.24, 2.45) is 11.7 Å². The zero-order valence-corrected chi connectivity index (χ0v) is 15.4. The molecule has 0 aromatic heterocycles. The van der Waals surface area contributed by atoms with Crippen LogP contribution in [0.15, 0.2) is 18.2 Å². The van der Waals surface area contributed by atoms with Gasteiger partial charge in [0.1, 0.15) is 5.60 Å². The highest BCUT2D eigenvalue weighted by molar-refractivity contribution is 5.73. The van der Waals surface area contributed by atoms with E-state index in [2.05, 4.69) is 11.0 Å². The number of para-hydroxylation sites is 1. The first kappa shape index (κ1) is 17.6. The van der Waals surface area contributed by atoms with Crippen molar-refractivity contribution in [2.75, 3.05) is 33.4 Å². The molecule has 2 fully saturated rings. The third-order valence-corrected chi connectivity index (χ3v) is 6.22. The summed E-state index contributed by atoms with van der Waals surface area (Å²) in [4.78, 5) is 13.4. The lowest BCUT2D eigenvalue weighted by atomic mass is 9.70. The Morgan fingerprint density at radius 2 is 2.19 bits per heavy atom. The monoisotopic (exact) mass is 360 g/mol. The normalized spacial score (nSPS) is 27.3. The van der Waals surface area contributed by atoms with E-state index < -0.39 is 0 Å². The predicted molar refractivity (Wildman–Crippen MR) is 97.3 cm³/mol. The average Bonchev–Trinajstić information content (AvgIpc) is 2.67. The first-order chi connectivity index (χ1) is 12.6. The Labute approximate surface area is 154 Å². The smallest absolute Gasteiger partial charge is 0.218 e. The van der Waals surface area contributed by atoms with Gasteiger partial charge in [-0.3, -0.25) is 4.79 Å². The molecule has 0 aliphatic carbocycles. The van der Waals surface area contributed by atoms with Crippen LogP contribution in [-0.2, 0) is 9.53 Å². The maximum Gasteiger partial charge on any atom is 0.218 e. The molecule has 1 aromatic rings. The van der Waals surface area contributed by atoms with E-state index in [4.69, 9.17) is 19.9 Å². The number of methoxy groups -OCH3 is 1. The van der Waals surface area contributed by atoms with E-state index in [1.807, 2.05) is 12.1 Å². The number of hydrogen-bond donors (Lipinski definition) is 1. The molecule has 3 heterocycles. The Morgan fingerprint density at radius 1 is 1.38 bits per heavy atom. The van der Waals surface area contributed by atoms with Crippen LogP contribution in [0.5, 0.6) is 11.5 Å². The average molecular weight is 360 g/mol. The molecule has 2 atom stereocenters. The minimum atomic E-state index is -0.237. The van der Waals surface area contributed by atoms with Crippen LogP contribution in [0.4, 0.5) is 0 Å². The van der Waals surface area contributed by atoms with Crippen molar-refractivity contribution in [3.63, 3.8) is 0 Å². The van der Waals surface area contributed by atoms with Crippen LogP contribution in [0, 0.1) is 5.92 Å². The number of likely N-dealkylation sites (tertiary alicyclic amines) is 1. The van der Waals surface area contributed by atoms with E-state index in [1.54, 1.807) is 7.11 Å². The summed E-state index contributed by atoms with van der Waals surface area (Å²) in [5, 5.41) is 0. The van der Waals surface area contributed by atoms with E-state index in [0.29, 0.717) is 12.3 Å². The lowest BCUT2D eigenvalue weighted by Crippen LogP contribution is -2.57. The minimum absolute atomic E-state index is 0.0831. The van der Waals surface area contributed by atoms with E-state index in [0.717, 1.165) is 69.0 Å². The summed E-state index contributed by atoms with van der Waals surface area (Å²) < 4.78 is 18.5. The van der Waals surface area contributed by atoms with Gasteiger partial charge in [0.25, 0.3) is 0 Å². The van der Waals surface area contributed by atoms with Crippen LogP contribution in [0.1, 0.15) is 43.8 Å². The second-order valence-corrected chi connectivity index (χ2v) is 7.64. The van der Waals surface area contributed by atoms with Gasteiger partial charge in [-0.25, -0.2) is 0 Å². The molecule has 26 heavy (non-hydrogen) atoms. The van der Waals surface area contributed by atoms with Crippen molar-refractivity contribution in [1.82, 2.24) is 4.90 Å². The first-order valence-electron chi connectivity index (χ1n) is 9.61. The number of ether oxygens (including phenoxy) is 3. The van der Waals surface area contributed by atoms with Crippen LogP contribution >= 0.6 is 0 Å². The molecule has 2 N–H and O–H groups in total. The van der Waals surface area contributed by atoms with Crippen molar-refractivity contribution in [3.8, 4) is 11.5 Å². The number of benzene rings is 1. The van der Waals surface area contributed by atoms with Crippen molar-refractivity contribution in [1.29, 1.82) is 0 Å². The van der Waals surface area contributed by atoms with Crippen molar-refractivity contribution in [2.45, 2.75) is 43.8 Å². The van der Waals surface area contributed by atoms with E-state index in [-0.39, 0.29) is 17.6 Å². The second kappa shape index (κ2) is 7.08. The molecule has 6 heteroatoms. The second-order valence-electron chi connectivity index (χ2n) is 7.64. The van der Waals surface area contributed by atoms with Crippen LogP contribution in [0.25, 0.3) is 0 Å². The zero-order valence-electron chi connectivity index (χ0n) is 15.4. The Morgan fingerprint density at radius 3 is 2.92 bits per heavy atom. The van der Waals surface area contributed by atoms with E-state index in [1.165, 1.54) is 0 Å². The Kier molecular flexibility index (Phi) is 4.80. The summed E-state index contributed by atoms with van der Waals surface area (Å²) in [5.74, 6) is 1.77. The summed E-state index contributed by atoms with van der Waals surface area (Å²) in [6, 6.07) is 6.08. The maximum atomic E-state index is 11.1. The van der Waals surface area contributed by atoms with E-state index in [9.17, 15) is 4.79 Å². The molecular formula is C20H28N2O4. The highest BCUT2D eigenvalue weighted by atomic mass is 16.5. The fourth-order valence-electron chi connectivity index (χ4n) is 4.83. The van der Waals surface area contributed by atoms with Crippen molar-refractivity contribution < 1.29 is 19.0 Å². The molecule has 0 bridgehead atoms. The summed E-state index contributed by atoms with van der Waals surface area (Å²) in [5.41, 5.74) is 6.21. The Balaban J connectivity index is 1.59. The van der Waals surface area contributed by atoms with Gasteiger partial charge in [0.15, 0.2) is 11.5 Å². The standard InChI is InChI=1S/C20H28N2O4/c1-24-16-6-2-4-14-18-15(5-3-13-25-18)20(26-19(14)16)8-11-22(12-9-20)10-7-17(21)23/h2,4,6,15,18H,3,5,7-13H2,1H3,(H2,21,23)/t15-,18+/m0/s1. The minimum Gasteiger partial charge on any atom is -0.493 e. The number of piperidine rings is 1. The first-order valence-corrected chi connectivity index (χ1v) is 9.61. The summed E-state index contributed by atoms with van der Waals surface area (Å²) in [6.07, 6.45) is 4.58. The maximum absolute atomic E-state index is 11.1. The summed E-state index contributed by atoms with van der Waals surface area (Å²) in [7, 11) is 1.69. The lowest BCUT2D eigenvalue weighted by molar-refractivity contribution is -0.150. The molecule has 1 aromatic carbocycles. The number of primary amides is 1. The van der Waals surface area contributed by atoms with Gasteiger partial charge >= 0.3 is 0 Å². The van der Waals surface area contributed by atoms with Gasteiger partial charge in [0.05, 0.1) is 13.2 Å². The molecule has 3 aliphatic heterocycles. The number of carbonyl (C=O) groups excluding carboxylic acids is 1. The van der Waals surface area contributed by atoms with Gasteiger partial charge < -0.3 is 24.8 Å². The lowest BCUT2D eigenvalue weighted by Gasteiger charge is -2.53. The SMILES string of the molecule is COc1cccc2c1OC1(CCN(CCC(N)=O)CC1)[C@H]1CCCO[C@H]21. The molecule has 1 amide bonds. The van der Waals surface area contributed by atoms with Gasteiger partial charge in [-0.1, -0.05) is 12.1 Å². The van der Waals surface area contributed by atoms with Crippen LogP contribution in [-0.4, -0.2) is 49.8 Å². The molecule has 1 spiro atoms. The largest absolute Gasteiger partial charge is 0.493 e. The van der Waals surface area contributed by atoms with Gasteiger partial charge in [-0.05, 0) is 18.9 Å². The number of amides is 1. The molecule has 142 valence electrons. The van der Waals surface area contributed by atoms with Gasteiger partial charge in [0.2, 0.25) is 5.91 Å². The van der Waals surface area contributed by atoms with Gasteiger partial charge in [-0.2, -0.15) is 0 Å². The highest BCUT2D eigenvalue weighted by Crippen LogP contribution is 2.55. The number of rotatable bonds is 4. The number of nitrogens with two attached hydrogens (primary N) is 1. The van der Waals surface area contributed by atoms with Crippen LogP contribution in [0.2, 0.25) is 0 Å². The van der Waals surface area contributed by atoms with Crippen molar-refractivity contribution >= 4 is 5.91 Å². The number of fused-ring (bicyclic) bond motifs is 4.